The second kappa shape index (κ2) is 5.22. The normalized spacial score (nSPS) is 34.3. The van der Waals surface area contributed by atoms with Gasteiger partial charge in [0.15, 0.2) is 0 Å². The average Bonchev–Trinajstić information content (AvgIpc) is 2.64. The summed E-state index contributed by atoms with van der Waals surface area (Å²) in [5, 5.41) is 3.31. The molecular formula is C11H21NO4S. The molecule has 2 unspecified atom stereocenters. The summed E-state index contributed by atoms with van der Waals surface area (Å²) in [4.78, 5) is 0. The number of ether oxygens (including phenoxy) is 2. The predicted octanol–water partition coefficient (Wildman–Crippen LogP) is -0.0413. The van der Waals surface area contributed by atoms with Crippen LogP contribution in [0.1, 0.15) is 19.3 Å². The lowest BCUT2D eigenvalue weighted by atomic mass is 9.90. The summed E-state index contributed by atoms with van der Waals surface area (Å²) < 4.78 is 33.3. The summed E-state index contributed by atoms with van der Waals surface area (Å²) in [7, 11) is -2.87. The van der Waals surface area contributed by atoms with Gasteiger partial charge in [-0.15, -0.1) is 0 Å². The number of sulfone groups is 1. The highest BCUT2D eigenvalue weighted by Gasteiger charge is 2.40. The molecule has 6 heteroatoms. The van der Waals surface area contributed by atoms with Gasteiger partial charge in [-0.25, -0.2) is 8.42 Å². The summed E-state index contributed by atoms with van der Waals surface area (Å²) in [5.41, 5.74) is -0.110. The summed E-state index contributed by atoms with van der Waals surface area (Å²) >= 11 is 0. The van der Waals surface area contributed by atoms with Crippen LogP contribution in [0.15, 0.2) is 0 Å². The SMILES string of the molecule is CS(=O)(=O)CCNC1CCOC2(CCOC2)C1. The van der Waals surface area contributed by atoms with Crippen molar-refractivity contribution in [3.05, 3.63) is 0 Å². The second-order valence-electron chi connectivity index (χ2n) is 5.11. The van der Waals surface area contributed by atoms with Crippen LogP contribution >= 0.6 is 0 Å². The lowest BCUT2D eigenvalue weighted by Crippen LogP contribution is -2.48. The maximum atomic E-state index is 11.0. The van der Waals surface area contributed by atoms with Crippen molar-refractivity contribution >= 4 is 9.84 Å². The minimum atomic E-state index is -2.87. The molecule has 100 valence electrons. The van der Waals surface area contributed by atoms with Crippen LogP contribution in [0.4, 0.5) is 0 Å². The van der Waals surface area contributed by atoms with Gasteiger partial charge in [0.2, 0.25) is 0 Å². The zero-order valence-corrected chi connectivity index (χ0v) is 11.1. The predicted molar refractivity (Wildman–Crippen MR) is 64.9 cm³/mol. The van der Waals surface area contributed by atoms with Crippen LogP contribution in [-0.4, -0.2) is 58.4 Å². The highest BCUT2D eigenvalue weighted by molar-refractivity contribution is 7.90. The van der Waals surface area contributed by atoms with Crippen LogP contribution < -0.4 is 5.32 Å². The van der Waals surface area contributed by atoms with E-state index in [0.29, 0.717) is 19.2 Å². The Morgan fingerprint density at radius 3 is 2.88 bits per heavy atom. The number of nitrogens with one attached hydrogen (secondary N) is 1. The lowest BCUT2D eigenvalue weighted by Gasteiger charge is -2.37. The molecule has 0 aromatic rings. The summed E-state index contributed by atoms with van der Waals surface area (Å²) in [6.07, 6.45) is 4.10. The van der Waals surface area contributed by atoms with Crippen molar-refractivity contribution in [1.82, 2.24) is 5.32 Å². The third kappa shape index (κ3) is 3.91. The van der Waals surface area contributed by atoms with Crippen LogP contribution in [0.5, 0.6) is 0 Å². The van der Waals surface area contributed by atoms with Gasteiger partial charge in [0, 0.05) is 38.5 Å². The highest BCUT2D eigenvalue weighted by Crippen LogP contribution is 2.32. The smallest absolute Gasteiger partial charge is 0.148 e. The molecule has 2 atom stereocenters. The molecule has 2 aliphatic rings. The van der Waals surface area contributed by atoms with Gasteiger partial charge >= 0.3 is 0 Å². The molecule has 0 radical (unpaired) electrons. The minimum absolute atomic E-state index is 0.110. The third-order valence-corrected chi connectivity index (χ3v) is 4.41. The molecule has 2 heterocycles. The molecule has 0 aliphatic carbocycles. The molecule has 0 saturated carbocycles. The maximum absolute atomic E-state index is 11.0. The Balaban J connectivity index is 1.78. The van der Waals surface area contributed by atoms with Gasteiger partial charge in [0.25, 0.3) is 0 Å². The summed E-state index contributed by atoms with van der Waals surface area (Å²) in [6.45, 7) is 2.72. The summed E-state index contributed by atoms with van der Waals surface area (Å²) in [5.74, 6) is 0.202. The zero-order valence-electron chi connectivity index (χ0n) is 10.3. The Kier molecular flexibility index (Phi) is 4.07. The van der Waals surface area contributed by atoms with Gasteiger partial charge in [-0.05, 0) is 12.8 Å². The molecule has 1 N–H and O–H groups in total. The molecule has 2 saturated heterocycles. The van der Waals surface area contributed by atoms with Gasteiger partial charge in [-0.1, -0.05) is 0 Å². The topological polar surface area (TPSA) is 64.6 Å². The Labute approximate surface area is 103 Å². The van der Waals surface area contributed by atoms with Crippen LogP contribution in [-0.2, 0) is 19.3 Å². The number of rotatable bonds is 4. The largest absolute Gasteiger partial charge is 0.378 e. The van der Waals surface area contributed by atoms with Gasteiger partial charge in [-0.2, -0.15) is 0 Å². The average molecular weight is 263 g/mol. The van der Waals surface area contributed by atoms with Gasteiger partial charge in [0.1, 0.15) is 9.84 Å². The van der Waals surface area contributed by atoms with Crippen molar-refractivity contribution in [1.29, 1.82) is 0 Å². The van der Waals surface area contributed by atoms with E-state index in [-0.39, 0.29) is 11.4 Å². The molecule has 2 rings (SSSR count). The Morgan fingerprint density at radius 1 is 1.41 bits per heavy atom. The van der Waals surface area contributed by atoms with Crippen molar-refractivity contribution in [2.75, 3.05) is 38.4 Å². The van der Waals surface area contributed by atoms with Crippen molar-refractivity contribution in [3.8, 4) is 0 Å². The van der Waals surface area contributed by atoms with Crippen molar-refractivity contribution < 1.29 is 17.9 Å². The Hall–Kier alpha value is -0.170. The molecular weight excluding hydrogens is 242 g/mol. The molecule has 5 nitrogen and oxygen atoms in total. The molecule has 0 amide bonds. The van der Waals surface area contributed by atoms with Gasteiger partial charge in [0.05, 0.1) is 18.0 Å². The maximum Gasteiger partial charge on any atom is 0.148 e. The van der Waals surface area contributed by atoms with E-state index >= 15 is 0 Å². The van der Waals surface area contributed by atoms with E-state index in [0.717, 1.165) is 32.5 Å². The van der Waals surface area contributed by atoms with Crippen molar-refractivity contribution in [3.63, 3.8) is 0 Å². The third-order valence-electron chi connectivity index (χ3n) is 3.47. The van der Waals surface area contributed by atoms with E-state index in [1.807, 2.05) is 0 Å². The van der Waals surface area contributed by atoms with E-state index in [4.69, 9.17) is 9.47 Å². The fourth-order valence-corrected chi connectivity index (χ4v) is 3.00. The molecule has 0 aromatic carbocycles. The van der Waals surface area contributed by atoms with Gasteiger partial charge in [-0.3, -0.25) is 0 Å². The standard InChI is InChI=1S/C11H21NO4S/c1-17(13,14)7-4-12-10-2-5-16-11(8-10)3-6-15-9-11/h10,12H,2-9H2,1H3. The molecule has 0 aromatic heterocycles. The summed E-state index contributed by atoms with van der Waals surface area (Å²) in [6, 6.07) is 0.354. The lowest BCUT2D eigenvalue weighted by molar-refractivity contribution is -0.0890. The number of hydrogen-bond acceptors (Lipinski definition) is 5. The molecule has 0 bridgehead atoms. The fourth-order valence-electron chi connectivity index (χ4n) is 2.51. The van der Waals surface area contributed by atoms with E-state index in [1.54, 1.807) is 0 Å². The van der Waals surface area contributed by atoms with E-state index in [9.17, 15) is 8.42 Å². The Bertz CT molecular complexity index is 348. The van der Waals surface area contributed by atoms with E-state index in [2.05, 4.69) is 5.32 Å². The Morgan fingerprint density at radius 2 is 2.24 bits per heavy atom. The van der Waals surface area contributed by atoms with Crippen molar-refractivity contribution in [2.45, 2.75) is 30.9 Å². The first kappa shape index (κ1) is 13.3. The first-order valence-electron chi connectivity index (χ1n) is 6.12. The first-order chi connectivity index (χ1) is 7.99. The minimum Gasteiger partial charge on any atom is -0.378 e. The van der Waals surface area contributed by atoms with Crippen molar-refractivity contribution in [2.24, 2.45) is 0 Å². The van der Waals surface area contributed by atoms with E-state index in [1.165, 1.54) is 6.26 Å². The van der Waals surface area contributed by atoms with Crippen LogP contribution in [0, 0.1) is 0 Å². The van der Waals surface area contributed by atoms with E-state index < -0.39 is 9.84 Å². The molecule has 17 heavy (non-hydrogen) atoms. The van der Waals surface area contributed by atoms with Crippen LogP contribution in [0.2, 0.25) is 0 Å². The number of hydrogen-bond donors (Lipinski definition) is 1. The van der Waals surface area contributed by atoms with Gasteiger partial charge < -0.3 is 14.8 Å². The molecule has 2 fully saturated rings. The quantitative estimate of drug-likeness (QED) is 0.771. The van der Waals surface area contributed by atoms with Crippen LogP contribution in [0.25, 0.3) is 0 Å². The molecule has 2 aliphatic heterocycles. The zero-order chi connectivity index (χ0) is 12.4. The monoisotopic (exact) mass is 263 g/mol. The highest BCUT2D eigenvalue weighted by atomic mass is 32.2. The fraction of sp³-hybridized carbons (Fsp3) is 1.00. The second-order valence-corrected chi connectivity index (χ2v) is 7.37. The first-order valence-corrected chi connectivity index (χ1v) is 8.18. The van der Waals surface area contributed by atoms with Crippen LogP contribution in [0.3, 0.4) is 0 Å². The molecule has 1 spiro atoms.